The highest BCUT2D eigenvalue weighted by molar-refractivity contribution is 7.89. The molecule has 0 aliphatic carbocycles. The lowest BCUT2D eigenvalue weighted by Crippen LogP contribution is -2.46. The van der Waals surface area contributed by atoms with E-state index >= 15 is 0 Å². The summed E-state index contributed by atoms with van der Waals surface area (Å²) in [6.07, 6.45) is 0.465. The first kappa shape index (κ1) is 20.3. The molecular formula is C16H21FN2O6S. The fraction of sp³-hybridized carbons (Fsp3) is 0.500. The minimum absolute atomic E-state index is 0.0325. The molecule has 2 rings (SSSR count). The van der Waals surface area contributed by atoms with Crippen LogP contribution < -0.4 is 10.0 Å². The second-order valence-corrected chi connectivity index (χ2v) is 7.84. The summed E-state index contributed by atoms with van der Waals surface area (Å²) in [6, 6.07) is 4.31. The number of nitrogens with one attached hydrogen (secondary N) is 2. The minimum atomic E-state index is -3.84. The van der Waals surface area contributed by atoms with Crippen molar-refractivity contribution in [3.63, 3.8) is 0 Å². The molecule has 0 saturated carbocycles. The molecule has 1 heterocycles. The Morgan fingerprint density at radius 1 is 1.19 bits per heavy atom. The number of amides is 1. The molecule has 1 amide bonds. The van der Waals surface area contributed by atoms with Crippen LogP contribution in [0.25, 0.3) is 0 Å². The molecule has 10 heteroatoms. The van der Waals surface area contributed by atoms with Crippen molar-refractivity contribution in [2.45, 2.75) is 24.2 Å². The lowest BCUT2D eigenvalue weighted by molar-refractivity contribution is -0.154. The normalized spacial score (nSPS) is 16.8. The van der Waals surface area contributed by atoms with E-state index in [1.54, 1.807) is 0 Å². The molecule has 3 N–H and O–H groups in total. The number of hydrogen-bond acceptors (Lipinski definition) is 5. The molecule has 1 aromatic carbocycles. The Balaban J connectivity index is 1.81. The van der Waals surface area contributed by atoms with E-state index in [0.717, 1.165) is 24.3 Å². The molecule has 8 nitrogen and oxygen atoms in total. The molecular weight excluding hydrogens is 367 g/mol. The van der Waals surface area contributed by atoms with Crippen LogP contribution in [-0.2, 0) is 24.3 Å². The molecule has 26 heavy (non-hydrogen) atoms. The average molecular weight is 388 g/mol. The zero-order valence-corrected chi connectivity index (χ0v) is 14.9. The van der Waals surface area contributed by atoms with Crippen molar-refractivity contribution in [2.24, 2.45) is 5.41 Å². The Hall–Kier alpha value is -2.04. The maximum Gasteiger partial charge on any atom is 0.311 e. The maximum atomic E-state index is 12.8. The van der Waals surface area contributed by atoms with Gasteiger partial charge >= 0.3 is 5.97 Å². The summed E-state index contributed by atoms with van der Waals surface area (Å²) in [7, 11) is -3.84. The van der Waals surface area contributed by atoms with Gasteiger partial charge in [0.25, 0.3) is 0 Å². The van der Waals surface area contributed by atoms with Crippen molar-refractivity contribution < 1.29 is 32.2 Å². The lowest BCUT2D eigenvalue weighted by atomic mass is 9.80. The van der Waals surface area contributed by atoms with E-state index in [0.29, 0.717) is 26.1 Å². The first-order valence-electron chi connectivity index (χ1n) is 8.08. The number of sulfonamides is 1. The van der Waals surface area contributed by atoms with Crippen molar-refractivity contribution >= 4 is 21.9 Å². The van der Waals surface area contributed by atoms with E-state index in [9.17, 15) is 27.5 Å². The molecule has 0 aromatic heterocycles. The second kappa shape index (κ2) is 8.56. The van der Waals surface area contributed by atoms with Crippen LogP contribution in [0.2, 0.25) is 0 Å². The molecule has 1 aliphatic rings. The average Bonchev–Trinajstić information content (AvgIpc) is 2.61. The molecule has 0 spiro atoms. The van der Waals surface area contributed by atoms with E-state index in [1.165, 1.54) is 0 Å². The van der Waals surface area contributed by atoms with Gasteiger partial charge in [-0.1, -0.05) is 0 Å². The van der Waals surface area contributed by atoms with Crippen molar-refractivity contribution in [3.8, 4) is 0 Å². The molecule has 0 atom stereocenters. The number of rotatable bonds is 8. The third kappa shape index (κ3) is 5.23. The third-order valence-electron chi connectivity index (χ3n) is 4.30. The van der Waals surface area contributed by atoms with Crippen LogP contribution in [0.4, 0.5) is 4.39 Å². The van der Waals surface area contributed by atoms with Gasteiger partial charge in [-0.15, -0.1) is 0 Å². The van der Waals surface area contributed by atoms with Gasteiger partial charge in [0.15, 0.2) is 0 Å². The summed E-state index contributed by atoms with van der Waals surface area (Å²) < 4.78 is 44.3. The minimum Gasteiger partial charge on any atom is -0.481 e. The number of carbonyl (C=O) groups is 2. The zero-order chi connectivity index (χ0) is 19.2. The first-order chi connectivity index (χ1) is 12.3. The summed E-state index contributed by atoms with van der Waals surface area (Å²) in [5.41, 5.74) is -1.05. The Morgan fingerprint density at radius 3 is 2.38 bits per heavy atom. The fourth-order valence-corrected chi connectivity index (χ4v) is 3.61. The molecule has 144 valence electrons. The monoisotopic (exact) mass is 388 g/mol. The molecule has 1 saturated heterocycles. The SMILES string of the molecule is O=C(CCNS(=O)(=O)c1ccc(F)cc1)NCC1(C(=O)O)CCOCC1. The largest absolute Gasteiger partial charge is 0.481 e. The third-order valence-corrected chi connectivity index (χ3v) is 5.77. The van der Waals surface area contributed by atoms with E-state index in [2.05, 4.69) is 10.0 Å². The molecule has 1 aliphatic heterocycles. The predicted molar refractivity (Wildman–Crippen MR) is 89.3 cm³/mol. The summed E-state index contributed by atoms with van der Waals surface area (Å²) in [4.78, 5) is 23.3. The van der Waals surface area contributed by atoms with Crippen molar-refractivity contribution in [1.29, 1.82) is 0 Å². The standard InChI is InChI=1S/C16H21FN2O6S/c17-12-1-3-13(4-2-12)26(23,24)19-8-5-14(20)18-11-16(15(21)22)6-9-25-10-7-16/h1-4,19H,5-11H2,(H,18,20)(H,21,22). The smallest absolute Gasteiger partial charge is 0.311 e. The number of halogens is 1. The zero-order valence-electron chi connectivity index (χ0n) is 14.0. The van der Waals surface area contributed by atoms with Crippen molar-refractivity contribution in [2.75, 3.05) is 26.3 Å². The molecule has 0 bridgehead atoms. The number of ether oxygens (including phenoxy) is 1. The van der Waals surface area contributed by atoms with Gasteiger partial charge in [-0.3, -0.25) is 9.59 Å². The van der Waals surface area contributed by atoms with Gasteiger partial charge in [0.2, 0.25) is 15.9 Å². The predicted octanol–water partition coefficient (Wildman–Crippen LogP) is 0.492. The summed E-state index contributed by atoms with van der Waals surface area (Å²) in [6.45, 7) is 0.448. The second-order valence-electron chi connectivity index (χ2n) is 6.08. The molecule has 1 aromatic rings. The lowest BCUT2D eigenvalue weighted by Gasteiger charge is -2.33. The van der Waals surface area contributed by atoms with E-state index < -0.39 is 33.1 Å². The molecule has 0 radical (unpaired) electrons. The van der Waals surface area contributed by atoms with Crippen LogP contribution in [0.1, 0.15) is 19.3 Å². The molecule has 1 fully saturated rings. The Morgan fingerprint density at radius 2 is 1.81 bits per heavy atom. The summed E-state index contributed by atoms with van der Waals surface area (Å²) in [5.74, 6) is -2.00. The Labute approximate surface area is 150 Å². The van der Waals surface area contributed by atoms with Crippen LogP contribution in [0.5, 0.6) is 0 Å². The van der Waals surface area contributed by atoms with Gasteiger partial charge in [-0.25, -0.2) is 17.5 Å². The maximum absolute atomic E-state index is 12.8. The van der Waals surface area contributed by atoms with E-state index in [4.69, 9.17) is 4.74 Å². The van der Waals surface area contributed by atoms with Gasteiger partial charge in [-0.2, -0.15) is 0 Å². The van der Waals surface area contributed by atoms with Crippen LogP contribution in [-0.4, -0.2) is 51.7 Å². The van der Waals surface area contributed by atoms with Crippen molar-refractivity contribution in [1.82, 2.24) is 10.0 Å². The van der Waals surface area contributed by atoms with Gasteiger partial charge in [-0.05, 0) is 37.1 Å². The van der Waals surface area contributed by atoms with Gasteiger partial charge in [0.05, 0.1) is 10.3 Å². The summed E-state index contributed by atoms with van der Waals surface area (Å²) in [5, 5.41) is 12.0. The molecule has 0 unspecified atom stereocenters. The number of hydrogen-bond donors (Lipinski definition) is 3. The Bertz CT molecular complexity index is 745. The fourth-order valence-electron chi connectivity index (χ4n) is 2.58. The highest BCUT2D eigenvalue weighted by atomic mass is 32.2. The number of aliphatic carboxylic acids is 1. The Kier molecular flexibility index (Phi) is 6.68. The van der Waals surface area contributed by atoms with Crippen LogP contribution in [0.15, 0.2) is 29.2 Å². The first-order valence-corrected chi connectivity index (χ1v) is 9.57. The number of benzene rings is 1. The highest BCUT2D eigenvalue weighted by Crippen LogP contribution is 2.30. The van der Waals surface area contributed by atoms with Crippen LogP contribution >= 0.6 is 0 Å². The van der Waals surface area contributed by atoms with Crippen LogP contribution in [0.3, 0.4) is 0 Å². The number of carboxylic acid groups (broad SMARTS) is 1. The van der Waals surface area contributed by atoms with Gasteiger partial charge < -0.3 is 15.2 Å². The van der Waals surface area contributed by atoms with E-state index in [-0.39, 0.29) is 24.4 Å². The van der Waals surface area contributed by atoms with Gasteiger partial charge in [0, 0.05) is 32.7 Å². The summed E-state index contributed by atoms with van der Waals surface area (Å²) >= 11 is 0. The highest BCUT2D eigenvalue weighted by Gasteiger charge is 2.40. The topological polar surface area (TPSA) is 122 Å². The van der Waals surface area contributed by atoms with E-state index in [1.807, 2.05) is 0 Å². The van der Waals surface area contributed by atoms with Crippen LogP contribution in [0, 0.1) is 11.2 Å². The number of carbonyl (C=O) groups excluding carboxylic acids is 1. The number of carboxylic acids is 1. The van der Waals surface area contributed by atoms with Crippen molar-refractivity contribution in [3.05, 3.63) is 30.1 Å². The quantitative estimate of drug-likeness (QED) is 0.596. The van der Waals surface area contributed by atoms with Gasteiger partial charge in [0.1, 0.15) is 5.82 Å².